The van der Waals surface area contributed by atoms with Crippen LogP contribution in [0.4, 0.5) is 0 Å². The molecule has 1 saturated heterocycles. The van der Waals surface area contributed by atoms with E-state index in [4.69, 9.17) is 4.74 Å². The molecule has 1 fully saturated rings. The highest BCUT2D eigenvalue weighted by Gasteiger charge is 2.36. The van der Waals surface area contributed by atoms with Gasteiger partial charge in [-0.05, 0) is 50.7 Å². The zero-order valence-electron chi connectivity index (χ0n) is 14.9. The molecule has 2 unspecified atom stereocenters. The summed E-state index contributed by atoms with van der Waals surface area (Å²) >= 11 is 0. The minimum absolute atomic E-state index is 0.0786. The van der Waals surface area contributed by atoms with Crippen molar-refractivity contribution < 1.29 is 9.66 Å². The number of hydrogen-bond donors (Lipinski definition) is 0. The number of nitro groups is 1. The van der Waals surface area contributed by atoms with Crippen LogP contribution < -0.4 is 4.74 Å². The molecule has 2 rings (SSSR count). The van der Waals surface area contributed by atoms with Crippen LogP contribution in [0.15, 0.2) is 24.3 Å². The quantitative estimate of drug-likeness (QED) is 0.276. The summed E-state index contributed by atoms with van der Waals surface area (Å²) in [7, 11) is 0.585. The smallest absolute Gasteiger partial charge is 0.357 e. The number of ether oxygens (including phenoxy) is 1. The number of rotatable bonds is 4. The summed E-state index contributed by atoms with van der Waals surface area (Å²) in [6.45, 7) is 8.28. The number of nitrogens with zero attached hydrogens (tertiary/aromatic N) is 2. The van der Waals surface area contributed by atoms with Crippen molar-refractivity contribution in [2.45, 2.75) is 38.7 Å². The van der Waals surface area contributed by atoms with Gasteiger partial charge in [0.25, 0.3) is 0 Å². The Hall–Kier alpha value is -1.84. The van der Waals surface area contributed by atoms with Crippen LogP contribution in [0.5, 0.6) is 5.75 Å². The topological polar surface area (TPSA) is 55.6 Å². The Morgan fingerprint density at radius 1 is 1.33 bits per heavy atom. The third-order valence-corrected chi connectivity index (χ3v) is 4.84. The number of hydrogen-bond acceptors (Lipinski definition) is 4. The van der Waals surface area contributed by atoms with E-state index < -0.39 is 14.3 Å². The molecule has 1 aromatic rings. The molecule has 0 saturated carbocycles. The maximum Gasteiger partial charge on any atom is 0.357 e. The third-order valence-electron chi connectivity index (χ3n) is 3.96. The van der Waals surface area contributed by atoms with Crippen LogP contribution in [0.3, 0.4) is 0 Å². The largest absolute Gasteiger partial charge is 0.430 e. The summed E-state index contributed by atoms with van der Waals surface area (Å²) in [4.78, 5) is 13.3. The van der Waals surface area contributed by atoms with E-state index in [1.807, 2.05) is 19.2 Å². The van der Waals surface area contributed by atoms with Crippen LogP contribution in [-0.4, -0.2) is 44.3 Å². The van der Waals surface area contributed by atoms with Gasteiger partial charge in [-0.2, -0.15) is 0 Å². The number of likely N-dealkylation sites (tertiary alicyclic amines) is 1. The van der Waals surface area contributed by atoms with E-state index in [9.17, 15) is 10.1 Å². The lowest BCUT2D eigenvalue weighted by Gasteiger charge is -2.30. The maximum atomic E-state index is 11.4. The normalized spacial score (nSPS) is 19.9. The van der Waals surface area contributed by atoms with E-state index in [1.165, 1.54) is 0 Å². The van der Waals surface area contributed by atoms with Crippen molar-refractivity contribution in [2.75, 3.05) is 20.1 Å². The van der Waals surface area contributed by atoms with Crippen molar-refractivity contribution in [3.63, 3.8) is 0 Å². The monoisotopic (exact) mass is 346 g/mol. The molecular formula is C18H26N2O3Si. The highest BCUT2D eigenvalue weighted by Crippen LogP contribution is 2.24. The van der Waals surface area contributed by atoms with Gasteiger partial charge in [-0.25, -0.2) is 0 Å². The second-order valence-electron chi connectivity index (χ2n) is 7.48. The molecule has 1 aliphatic rings. The molecule has 0 aliphatic carbocycles. The van der Waals surface area contributed by atoms with E-state index in [0.29, 0.717) is 12.3 Å². The van der Waals surface area contributed by atoms with Gasteiger partial charge >= 0.3 is 6.23 Å². The molecule has 0 spiro atoms. The molecule has 2 atom stereocenters. The highest BCUT2D eigenvalue weighted by atomic mass is 28.3. The van der Waals surface area contributed by atoms with Crippen molar-refractivity contribution in [1.29, 1.82) is 0 Å². The Labute approximate surface area is 145 Å². The Morgan fingerprint density at radius 2 is 2.00 bits per heavy atom. The summed E-state index contributed by atoms with van der Waals surface area (Å²) in [5.41, 5.74) is 4.22. The van der Waals surface area contributed by atoms with Gasteiger partial charge < -0.3 is 9.64 Å². The van der Waals surface area contributed by atoms with E-state index in [1.54, 1.807) is 12.1 Å². The van der Waals surface area contributed by atoms with Crippen LogP contribution >= 0.6 is 0 Å². The van der Waals surface area contributed by atoms with Crippen molar-refractivity contribution in [3.05, 3.63) is 39.9 Å². The van der Waals surface area contributed by atoms with Crippen molar-refractivity contribution in [3.8, 4) is 17.2 Å². The first-order valence-electron chi connectivity index (χ1n) is 8.36. The summed E-state index contributed by atoms with van der Waals surface area (Å²) < 4.78 is 5.70. The second kappa shape index (κ2) is 7.82. The van der Waals surface area contributed by atoms with E-state index in [-0.39, 0.29) is 10.8 Å². The predicted octanol–water partition coefficient (Wildman–Crippen LogP) is 3.24. The molecular weight excluding hydrogens is 320 g/mol. The molecule has 0 bridgehead atoms. The molecule has 0 amide bonds. The van der Waals surface area contributed by atoms with Gasteiger partial charge in [0, 0.05) is 12.1 Å². The lowest BCUT2D eigenvalue weighted by Crippen LogP contribution is -2.44. The SMILES string of the molecule is CN1CCCC(C(Oc2ccc(C#C[Si](C)(C)C)cc2)[N+](=O)[O-])C1. The van der Waals surface area contributed by atoms with Gasteiger partial charge in [0.15, 0.2) is 0 Å². The van der Waals surface area contributed by atoms with Crippen molar-refractivity contribution >= 4 is 8.07 Å². The summed E-state index contributed by atoms with van der Waals surface area (Å²) in [5.74, 6) is 3.63. The van der Waals surface area contributed by atoms with Crippen LogP contribution in [0.25, 0.3) is 0 Å². The fourth-order valence-corrected chi connectivity index (χ4v) is 3.29. The zero-order chi connectivity index (χ0) is 17.7. The predicted molar refractivity (Wildman–Crippen MR) is 98.3 cm³/mol. The Balaban J connectivity index is 2.07. The minimum Gasteiger partial charge on any atom is -0.430 e. The summed E-state index contributed by atoms with van der Waals surface area (Å²) in [5, 5.41) is 11.4. The molecule has 5 nitrogen and oxygen atoms in total. The van der Waals surface area contributed by atoms with Gasteiger partial charge in [-0.1, -0.05) is 25.6 Å². The molecule has 0 aromatic heterocycles. The molecule has 0 N–H and O–H groups in total. The Bertz CT molecular complexity index is 628. The number of piperidine rings is 1. The van der Waals surface area contributed by atoms with E-state index in [2.05, 4.69) is 36.0 Å². The fraction of sp³-hybridized carbons (Fsp3) is 0.556. The van der Waals surface area contributed by atoms with Crippen LogP contribution in [0.1, 0.15) is 18.4 Å². The first-order valence-corrected chi connectivity index (χ1v) is 11.9. The molecule has 130 valence electrons. The summed E-state index contributed by atoms with van der Waals surface area (Å²) in [6.07, 6.45) is 0.808. The fourth-order valence-electron chi connectivity index (χ4n) is 2.77. The van der Waals surface area contributed by atoms with Crippen LogP contribution in [0, 0.1) is 27.5 Å². The van der Waals surface area contributed by atoms with Gasteiger partial charge in [0.1, 0.15) is 13.8 Å². The van der Waals surface area contributed by atoms with Crippen molar-refractivity contribution in [1.82, 2.24) is 4.90 Å². The lowest BCUT2D eigenvalue weighted by atomic mass is 9.97. The van der Waals surface area contributed by atoms with Gasteiger partial charge in [-0.3, -0.25) is 10.1 Å². The lowest BCUT2D eigenvalue weighted by molar-refractivity contribution is -0.574. The Kier molecular flexibility index (Phi) is 6.03. The van der Waals surface area contributed by atoms with Gasteiger partial charge in [-0.15, -0.1) is 5.54 Å². The van der Waals surface area contributed by atoms with E-state index >= 15 is 0 Å². The highest BCUT2D eigenvalue weighted by molar-refractivity contribution is 6.83. The second-order valence-corrected chi connectivity index (χ2v) is 12.2. The van der Waals surface area contributed by atoms with Gasteiger partial charge in [0.2, 0.25) is 0 Å². The molecule has 24 heavy (non-hydrogen) atoms. The molecule has 1 aromatic carbocycles. The molecule has 0 radical (unpaired) electrons. The standard InChI is InChI=1S/C18H26N2O3Si/c1-19-12-5-6-16(14-19)18(20(21)22)23-17-9-7-15(8-10-17)11-13-24(2,3)4/h7-10,16,18H,5-6,12,14H2,1-4H3. The van der Waals surface area contributed by atoms with E-state index in [0.717, 1.165) is 24.9 Å². The zero-order valence-corrected chi connectivity index (χ0v) is 15.9. The van der Waals surface area contributed by atoms with Crippen LogP contribution in [-0.2, 0) is 0 Å². The third kappa shape index (κ3) is 5.66. The van der Waals surface area contributed by atoms with Crippen molar-refractivity contribution in [2.24, 2.45) is 5.92 Å². The summed E-state index contributed by atoms with van der Waals surface area (Å²) in [6, 6.07) is 7.29. The average Bonchev–Trinajstić information content (AvgIpc) is 2.50. The number of benzene rings is 1. The molecule has 6 heteroatoms. The average molecular weight is 347 g/mol. The first-order chi connectivity index (χ1) is 11.2. The van der Waals surface area contributed by atoms with Gasteiger partial charge in [0.05, 0.1) is 10.8 Å². The Morgan fingerprint density at radius 3 is 2.54 bits per heavy atom. The molecule has 1 aliphatic heterocycles. The van der Waals surface area contributed by atoms with Crippen LogP contribution in [0.2, 0.25) is 19.6 Å². The molecule has 1 heterocycles. The maximum absolute atomic E-state index is 11.4. The minimum atomic E-state index is -1.41. The first kappa shape index (κ1) is 18.5.